The molecule has 1 saturated heterocycles. The Morgan fingerprint density at radius 2 is 2.25 bits per heavy atom. The fourth-order valence-electron chi connectivity index (χ4n) is 1.99. The number of allylic oxidation sites excluding steroid dienone is 1. The quantitative estimate of drug-likeness (QED) is 0.776. The topological polar surface area (TPSA) is 76.3 Å². The van der Waals surface area contributed by atoms with Gasteiger partial charge in [0, 0.05) is 11.5 Å². The van der Waals surface area contributed by atoms with Gasteiger partial charge in [0.15, 0.2) is 5.78 Å². The van der Waals surface area contributed by atoms with Crippen LogP contribution in [0.4, 0.5) is 0 Å². The number of amides is 1. The average molecular weight is 363 g/mol. The normalized spacial score (nSPS) is 17.0. The summed E-state index contributed by atoms with van der Waals surface area (Å²) < 4.78 is 5.25. The molecule has 0 N–H and O–H groups in total. The van der Waals surface area contributed by atoms with Crippen molar-refractivity contribution in [3.05, 3.63) is 34.5 Å². The first-order chi connectivity index (χ1) is 11.3. The van der Waals surface area contributed by atoms with E-state index in [1.165, 1.54) is 34.1 Å². The molecular formula is C16H17N3O3S2. The van der Waals surface area contributed by atoms with Gasteiger partial charge in [0.1, 0.15) is 6.54 Å². The molecule has 0 bridgehead atoms. The highest BCUT2D eigenvalue weighted by atomic mass is 32.2. The summed E-state index contributed by atoms with van der Waals surface area (Å²) in [6.07, 6.45) is 1.53. The van der Waals surface area contributed by atoms with E-state index < -0.39 is 5.41 Å². The minimum Gasteiger partial charge on any atom is -0.337 e. The van der Waals surface area contributed by atoms with Gasteiger partial charge >= 0.3 is 0 Å². The van der Waals surface area contributed by atoms with Gasteiger partial charge in [-0.3, -0.25) is 14.5 Å². The summed E-state index contributed by atoms with van der Waals surface area (Å²) in [5.74, 6) is 1.09. The van der Waals surface area contributed by atoms with Crippen LogP contribution in [0.25, 0.3) is 10.7 Å². The highest BCUT2D eigenvalue weighted by Crippen LogP contribution is 2.32. The van der Waals surface area contributed by atoms with Crippen molar-refractivity contribution in [2.24, 2.45) is 5.41 Å². The molecule has 1 aliphatic heterocycles. The molecule has 0 spiro atoms. The number of thiophene rings is 1. The summed E-state index contributed by atoms with van der Waals surface area (Å²) in [5.41, 5.74) is -0.484. The standard InChI is InChI=1S/C16H17N3O3S2/c1-16(2,3)11(20)7-14-19(13(21)9-24-14)8-12-17-15(18-22-12)10-5-4-6-23-10/h4-7H,8-9H2,1-3H3/b14-7-. The fourth-order valence-corrected chi connectivity index (χ4v) is 3.58. The van der Waals surface area contributed by atoms with Crippen molar-refractivity contribution < 1.29 is 14.1 Å². The number of rotatable bonds is 4. The lowest BCUT2D eigenvalue weighted by atomic mass is 9.91. The Hall–Kier alpha value is -1.93. The molecule has 24 heavy (non-hydrogen) atoms. The smallest absolute Gasteiger partial charge is 0.247 e. The van der Waals surface area contributed by atoms with Crippen molar-refractivity contribution in [2.45, 2.75) is 27.3 Å². The van der Waals surface area contributed by atoms with Gasteiger partial charge in [-0.2, -0.15) is 4.98 Å². The molecule has 0 aromatic carbocycles. The van der Waals surface area contributed by atoms with Crippen molar-refractivity contribution >= 4 is 34.8 Å². The number of hydrogen-bond donors (Lipinski definition) is 0. The average Bonchev–Trinajstić information content (AvgIpc) is 3.22. The molecule has 0 atom stereocenters. The Morgan fingerprint density at radius 1 is 1.46 bits per heavy atom. The summed E-state index contributed by atoms with van der Waals surface area (Å²) >= 11 is 2.87. The van der Waals surface area contributed by atoms with Gasteiger partial charge in [-0.15, -0.1) is 11.3 Å². The number of hydrogen-bond acceptors (Lipinski definition) is 7. The highest BCUT2D eigenvalue weighted by molar-refractivity contribution is 8.04. The number of nitrogens with zero attached hydrogens (tertiary/aromatic N) is 3. The van der Waals surface area contributed by atoms with E-state index in [0.29, 0.717) is 22.5 Å². The second kappa shape index (κ2) is 6.52. The van der Waals surface area contributed by atoms with Crippen molar-refractivity contribution in [1.82, 2.24) is 15.0 Å². The van der Waals surface area contributed by atoms with E-state index in [-0.39, 0.29) is 18.2 Å². The van der Waals surface area contributed by atoms with Crippen LogP contribution in [-0.2, 0) is 16.1 Å². The zero-order valence-electron chi connectivity index (χ0n) is 13.6. The molecular weight excluding hydrogens is 346 g/mol. The van der Waals surface area contributed by atoms with Crippen LogP contribution in [0.3, 0.4) is 0 Å². The van der Waals surface area contributed by atoms with E-state index in [0.717, 1.165) is 4.88 Å². The molecule has 6 nitrogen and oxygen atoms in total. The van der Waals surface area contributed by atoms with Crippen LogP contribution in [0.5, 0.6) is 0 Å². The predicted octanol–water partition coefficient (Wildman–Crippen LogP) is 3.33. The Morgan fingerprint density at radius 3 is 2.92 bits per heavy atom. The van der Waals surface area contributed by atoms with Crippen molar-refractivity contribution in [3.63, 3.8) is 0 Å². The van der Waals surface area contributed by atoms with Crippen molar-refractivity contribution in [1.29, 1.82) is 0 Å². The molecule has 0 aliphatic carbocycles. The van der Waals surface area contributed by atoms with E-state index in [4.69, 9.17) is 4.52 Å². The lowest BCUT2D eigenvalue weighted by Gasteiger charge is -2.17. The predicted molar refractivity (Wildman–Crippen MR) is 93.2 cm³/mol. The van der Waals surface area contributed by atoms with Gasteiger partial charge < -0.3 is 4.52 Å². The van der Waals surface area contributed by atoms with E-state index in [1.807, 2.05) is 38.3 Å². The van der Waals surface area contributed by atoms with E-state index >= 15 is 0 Å². The largest absolute Gasteiger partial charge is 0.337 e. The van der Waals surface area contributed by atoms with Crippen LogP contribution >= 0.6 is 23.1 Å². The number of thioether (sulfide) groups is 1. The Labute approximate surface area is 147 Å². The molecule has 3 heterocycles. The summed E-state index contributed by atoms with van der Waals surface area (Å²) in [6.45, 7) is 5.73. The number of ketones is 1. The van der Waals surface area contributed by atoms with Crippen molar-refractivity contribution in [2.75, 3.05) is 5.75 Å². The van der Waals surface area contributed by atoms with Crippen LogP contribution in [0, 0.1) is 5.41 Å². The first-order valence-corrected chi connectivity index (χ1v) is 9.27. The van der Waals surface area contributed by atoms with E-state index in [9.17, 15) is 9.59 Å². The molecule has 1 amide bonds. The summed E-state index contributed by atoms with van der Waals surface area (Å²) in [5, 5.41) is 6.51. The summed E-state index contributed by atoms with van der Waals surface area (Å²) in [7, 11) is 0. The Kier molecular flexibility index (Phi) is 4.60. The number of carbonyl (C=O) groups is 2. The van der Waals surface area contributed by atoms with Crippen LogP contribution in [0.15, 0.2) is 33.1 Å². The molecule has 2 aromatic heterocycles. The molecule has 8 heteroatoms. The minimum atomic E-state index is -0.484. The summed E-state index contributed by atoms with van der Waals surface area (Å²) in [4.78, 5) is 31.1. The van der Waals surface area contributed by atoms with Gasteiger partial charge in [0.05, 0.1) is 15.7 Å². The molecule has 0 saturated carbocycles. The first kappa shape index (κ1) is 16.9. The van der Waals surface area contributed by atoms with Crippen LogP contribution in [0.2, 0.25) is 0 Å². The summed E-state index contributed by atoms with van der Waals surface area (Å²) in [6, 6.07) is 3.82. The lowest BCUT2D eigenvalue weighted by Crippen LogP contribution is -2.26. The zero-order chi connectivity index (χ0) is 17.3. The van der Waals surface area contributed by atoms with Gasteiger partial charge in [0.25, 0.3) is 0 Å². The fraction of sp³-hybridized carbons (Fsp3) is 0.375. The number of carbonyl (C=O) groups excluding carboxylic acids is 2. The Balaban J connectivity index is 1.78. The third-order valence-electron chi connectivity index (χ3n) is 3.41. The molecule has 0 unspecified atom stereocenters. The Bertz CT molecular complexity index is 788. The minimum absolute atomic E-state index is 0.0190. The first-order valence-electron chi connectivity index (χ1n) is 7.40. The van der Waals surface area contributed by atoms with Gasteiger partial charge in [-0.05, 0) is 11.4 Å². The monoisotopic (exact) mass is 363 g/mol. The second-order valence-electron chi connectivity index (χ2n) is 6.35. The number of aromatic nitrogens is 2. The van der Waals surface area contributed by atoms with Gasteiger partial charge in [-0.1, -0.05) is 43.8 Å². The molecule has 1 fully saturated rings. The SMILES string of the molecule is CC(C)(C)C(=O)/C=C1\SCC(=O)N1Cc1nc(-c2cccs2)no1. The van der Waals surface area contributed by atoms with Gasteiger partial charge in [0.2, 0.25) is 17.6 Å². The van der Waals surface area contributed by atoms with E-state index in [1.54, 1.807) is 0 Å². The third-order valence-corrected chi connectivity index (χ3v) is 5.30. The molecule has 3 rings (SSSR count). The molecule has 1 aliphatic rings. The molecule has 126 valence electrons. The third kappa shape index (κ3) is 3.59. The molecule has 2 aromatic rings. The van der Waals surface area contributed by atoms with Crippen molar-refractivity contribution in [3.8, 4) is 10.7 Å². The van der Waals surface area contributed by atoms with Crippen LogP contribution in [-0.4, -0.2) is 32.5 Å². The lowest BCUT2D eigenvalue weighted by molar-refractivity contribution is -0.126. The van der Waals surface area contributed by atoms with Gasteiger partial charge in [-0.25, -0.2) is 0 Å². The highest BCUT2D eigenvalue weighted by Gasteiger charge is 2.30. The second-order valence-corrected chi connectivity index (χ2v) is 8.30. The van der Waals surface area contributed by atoms with Crippen LogP contribution < -0.4 is 0 Å². The molecule has 0 radical (unpaired) electrons. The maximum Gasteiger partial charge on any atom is 0.247 e. The maximum atomic E-state index is 12.2. The maximum absolute atomic E-state index is 12.2. The zero-order valence-corrected chi connectivity index (χ0v) is 15.2. The van der Waals surface area contributed by atoms with Crippen LogP contribution in [0.1, 0.15) is 26.7 Å². The van der Waals surface area contributed by atoms with E-state index in [2.05, 4.69) is 10.1 Å².